The van der Waals surface area contributed by atoms with Crippen molar-refractivity contribution in [2.24, 2.45) is 5.92 Å². The number of carbonyl (C=O) groups excluding carboxylic acids is 4. The minimum Gasteiger partial charge on any atom is -0.484 e. The Labute approximate surface area is 262 Å². The first-order valence-corrected chi connectivity index (χ1v) is 13.7. The predicted octanol–water partition coefficient (Wildman–Crippen LogP) is 5.43. The normalized spacial score (nSPS) is 13.2. The van der Waals surface area contributed by atoms with Crippen molar-refractivity contribution < 1.29 is 45.9 Å². The number of amides is 3. The van der Waals surface area contributed by atoms with Gasteiger partial charge in [0, 0.05) is 16.5 Å². The molecule has 0 aliphatic heterocycles. The van der Waals surface area contributed by atoms with Gasteiger partial charge in [0.25, 0.3) is 11.8 Å². The van der Waals surface area contributed by atoms with E-state index in [-0.39, 0.29) is 32.3 Å². The van der Waals surface area contributed by atoms with E-state index in [9.17, 15) is 41.1 Å². The molecule has 0 heterocycles. The van der Waals surface area contributed by atoms with Gasteiger partial charge in [0.05, 0.1) is 16.1 Å². The zero-order valence-corrected chi connectivity index (χ0v) is 25.3. The molecular formula is C26H24Cl4F5N3O5. The summed E-state index contributed by atoms with van der Waals surface area (Å²) in [6.07, 6.45) is -5.29. The topological polar surface area (TPSA) is 114 Å². The van der Waals surface area contributed by atoms with E-state index in [1.54, 1.807) is 0 Å². The minimum absolute atomic E-state index is 0.102. The number of nitrogens with one attached hydrogen (secondary N) is 3. The molecule has 17 heteroatoms. The Hall–Kier alpha value is -2.87. The summed E-state index contributed by atoms with van der Waals surface area (Å²) in [6.45, 7) is -0.243. The Balaban J connectivity index is 2.27. The van der Waals surface area contributed by atoms with E-state index in [1.807, 2.05) is 0 Å². The Kier molecular flexibility index (Phi) is 12.9. The van der Waals surface area contributed by atoms with Gasteiger partial charge in [-0.25, -0.2) is 0 Å². The molecule has 2 atom stereocenters. The first-order chi connectivity index (χ1) is 19.8. The van der Waals surface area contributed by atoms with Crippen LogP contribution in [-0.4, -0.2) is 60.8 Å². The van der Waals surface area contributed by atoms with Crippen molar-refractivity contribution in [2.45, 2.75) is 44.5 Å². The van der Waals surface area contributed by atoms with Gasteiger partial charge in [-0.1, -0.05) is 66.3 Å². The van der Waals surface area contributed by atoms with Crippen LogP contribution in [0.1, 0.15) is 19.4 Å². The number of hydrogen-bond donors (Lipinski definition) is 3. The molecule has 43 heavy (non-hydrogen) atoms. The number of ether oxygens (including phenoxy) is 1. The average Bonchev–Trinajstić information content (AvgIpc) is 2.89. The Bertz CT molecular complexity index is 1340. The summed E-state index contributed by atoms with van der Waals surface area (Å²) in [5, 5.41) is 6.10. The third kappa shape index (κ3) is 11.3. The van der Waals surface area contributed by atoms with Crippen molar-refractivity contribution >= 4 is 69.9 Å². The number of alkyl halides is 5. The SMILES string of the molecule is CC(C)[C@H](NC(=O)[C@H](Cc1ccc(Cl)c(Cl)c1)NC(=O)COc1cc(Cl)cc(Cl)c1)C(=O)C(F)(F)C(=O)NCC(F)(F)F. The molecule has 8 nitrogen and oxygen atoms in total. The summed E-state index contributed by atoms with van der Waals surface area (Å²) in [4.78, 5) is 50.4. The van der Waals surface area contributed by atoms with Crippen molar-refractivity contribution in [1.29, 1.82) is 0 Å². The van der Waals surface area contributed by atoms with E-state index in [4.69, 9.17) is 51.1 Å². The van der Waals surface area contributed by atoms with Crippen LogP contribution in [0.25, 0.3) is 0 Å². The summed E-state index contributed by atoms with van der Waals surface area (Å²) in [5.41, 5.74) is 0.363. The number of hydrogen-bond acceptors (Lipinski definition) is 5. The second-order valence-electron chi connectivity index (χ2n) is 9.43. The van der Waals surface area contributed by atoms with Crippen molar-refractivity contribution in [2.75, 3.05) is 13.2 Å². The van der Waals surface area contributed by atoms with E-state index in [2.05, 4.69) is 10.6 Å². The van der Waals surface area contributed by atoms with Crippen molar-refractivity contribution in [3.63, 3.8) is 0 Å². The van der Waals surface area contributed by atoms with Gasteiger partial charge in [-0.05, 0) is 41.8 Å². The molecule has 2 rings (SSSR count). The molecule has 0 radical (unpaired) electrons. The predicted molar refractivity (Wildman–Crippen MR) is 150 cm³/mol. The lowest BCUT2D eigenvalue weighted by Gasteiger charge is -2.27. The summed E-state index contributed by atoms with van der Waals surface area (Å²) >= 11 is 23.7. The van der Waals surface area contributed by atoms with Gasteiger partial charge in [0.2, 0.25) is 11.7 Å². The quantitative estimate of drug-likeness (QED) is 0.191. The smallest absolute Gasteiger partial charge is 0.405 e. The molecule has 0 aromatic heterocycles. The largest absolute Gasteiger partial charge is 0.484 e. The molecule has 0 saturated heterocycles. The van der Waals surface area contributed by atoms with Gasteiger partial charge in [-0.2, -0.15) is 22.0 Å². The van der Waals surface area contributed by atoms with E-state index in [0.717, 1.165) is 5.32 Å². The lowest BCUT2D eigenvalue weighted by atomic mass is 9.94. The zero-order valence-electron chi connectivity index (χ0n) is 22.3. The lowest BCUT2D eigenvalue weighted by molar-refractivity contribution is -0.165. The van der Waals surface area contributed by atoms with Crippen molar-refractivity contribution in [3.05, 3.63) is 62.1 Å². The fourth-order valence-electron chi connectivity index (χ4n) is 3.50. The second kappa shape index (κ2) is 15.2. The maximum absolute atomic E-state index is 14.6. The number of rotatable bonds is 13. The van der Waals surface area contributed by atoms with Gasteiger partial charge in [-0.3, -0.25) is 19.2 Å². The molecule has 0 aliphatic rings. The van der Waals surface area contributed by atoms with E-state index >= 15 is 0 Å². The number of Topliss-reactive ketones (excluding diaryl/α,β-unsaturated/α-hetero) is 1. The molecule has 3 amide bonds. The zero-order chi connectivity index (χ0) is 32.7. The van der Waals surface area contributed by atoms with Crippen LogP contribution >= 0.6 is 46.4 Å². The summed E-state index contributed by atoms with van der Waals surface area (Å²) < 4.78 is 71.7. The molecule has 0 bridgehead atoms. The molecule has 0 unspecified atom stereocenters. The number of carbonyl (C=O) groups is 4. The van der Waals surface area contributed by atoms with Gasteiger partial charge >= 0.3 is 12.1 Å². The Morgan fingerprint density at radius 3 is 2.00 bits per heavy atom. The molecule has 2 aromatic rings. The second-order valence-corrected chi connectivity index (χ2v) is 11.1. The number of halogens is 9. The number of ketones is 1. The number of benzene rings is 2. The van der Waals surface area contributed by atoms with Crippen molar-refractivity contribution in [3.8, 4) is 5.75 Å². The maximum atomic E-state index is 14.6. The molecule has 0 fully saturated rings. The summed E-state index contributed by atoms with van der Waals surface area (Å²) in [6, 6.07) is 4.84. The van der Waals surface area contributed by atoms with Gasteiger partial charge in [0.1, 0.15) is 18.3 Å². The molecule has 236 valence electrons. The van der Waals surface area contributed by atoms with Gasteiger partial charge in [0.15, 0.2) is 6.61 Å². The Morgan fingerprint density at radius 1 is 0.860 bits per heavy atom. The highest BCUT2D eigenvalue weighted by Crippen LogP contribution is 2.26. The minimum atomic E-state index is -5.01. The standard InChI is InChI=1S/C26H24Cl4F5N3O5/c1-12(2)21(22(40)26(34,35)24(42)36-11-25(31,32)33)38-23(41)19(6-13-3-4-17(29)18(30)5-13)37-20(39)10-43-16-8-14(27)7-15(28)9-16/h3-5,7-9,12,19,21H,6,10-11H2,1-2H3,(H,36,42)(H,37,39)(H,38,41)/t19-,21-/m0/s1. The van der Waals surface area contributed by atoms with Crippen LogP contribution in [0, 0.1) is 5.92 Å². The maximum Gasteiger partial charge on any atom is 0.405 e. The van der Waals surface area contributed by atoms with E-state index in [1.165, 1.54) is 50.2 Å². The summed E-state index contributed by atoms with van der Waals surface area (Å²) in [5.74, 6) is -12.5. The van der Waals surface area contributed by atoms with Crippen LogP contribution in [0.3, 0.4) is 0 Å². The highest BCUT2D eigenvalue weighted by atomic mass is 35.5. The van der Waals surface area contributed by atoms with E-state index < -0.39 is 66.8 Å². The molecular weight excluding hydrogens is 671 g/mol. The molecule has 0 saturated carbocycles. The molecule has 0 aliphatic carbocycles. The monoisotopic (exact) mass is 693 g/mol. The molecule has 2 aromatic carbocycles. The highest BCUT2D eigenvalue weighted by molar-refractivity contribution is 6.42. The highest BCUT2D eigenvalue weighted by Gasteiger charge is 2.52. The van der Waals surface area contributed by atoms with Crippen LogP contribution < -0.4 is 20.7 Å². The third-order valence-electron chi connectivity index (χ3n) is 5.57. The lowest BCUT2D eigenvalue weighted by Crippen LogP contribution is -2.59. The fourth-order valence-corrected chi connectivity index (χ4v) is 4.32. The Morgan fingerprint density at radius 2 is 1.47 bits per heavy atom. The van der Waals surface area contributed by atoms with Crippen LogP contribution in [0.2, 0.25) is 20.1 Å². The first kappa shape index (κ1) is 36.3. The molecule has 3 N–H and O–H groups in total. The average molecular weight is 695 g/mol. The third-order valence-corrected chi connectivity index (χ3v) is 6.75. The van der Waals surface area contributed by atoms with Crippen molar-refractivity contribution in [1.82, 2.24) is 16.0 Å². The van der Waals surface area contributed by atoms with Gasteiger partial charge in [-0.15, -0.1) is 0 Å². The van der Waals surface area contributed by atoms with Crippen LogP contribution in [0.4, 0.5) is 22.0 Å². The first-order valence-electron chi connectivity index (χ1n) is 12.2. The van der Waals surface area contributed by atoms with Crippen LogP contribution in [-0.2, 0) is 25.6 Å². The summed E-state index contributed by atoms with van der Waals surface area (Å²) in [7, 11) is 0. The van der Waals surface area contributed by atoms with Crippen LogP contribution in [0.5, 0.6) is 5.75 Å². The van der Waals surface area contributed by atoms with Crippen LogP contribution in [0.15, 0.2) is 36.4 Å². The van der Waals surface area contributed by atoms with Gasteiger partial charge < -0.3 is 20.7 Å². The molecule has 0 spiro atoms. The fraction of sp³-hybridized carbons (Fsp3) is 0.385. The van der Waals surface area contributed by atoms with E-state index in [0.29, 0.717) is 5.56 Å².